The summed E-state index contributed by atoms with van der Waals surface area (Å²) >= 11 is 5.96. The molecule has 0 bridgehead atoms. The molecule has 0 amide bonds. The van der Waals surface area contributed by atoms with Crippen molar-refractivity contribution in [1.29, 1.82) is 0 Å². The van der Waals surface area contributed by atoms with Crippen LogP contribution in [0.5, 0.6) is 0 Å². The van der Waals surface area contributed by atoms with Crippen LogP contribution in [0, 0.1) is 0 Å². The maximum Gasteiger partial charge on any atom is 0.336 e. The quantitative estimate of drug-likeness (QED) is 0.752. The highest BCUT2D eigenvalue weighted by Gasteiger charge is 2.24. The number of halogens is 1. The summed E-state index contributed by atoms with van der Waals surface area (Å²) in [6.45, 7) is 1.81. The van der Waals surface area contributed by atoms with Gasteiger partial charge in [-0.2, -0.15) is 0 Å². The number of nitrogens with zero attached hydrogens (tertiary/aromatic N) is 2. The number of hydrogen-bond acceptors (Lipinski definition) is 4. The van der Waals surface area contributed by atoms with Crippen molar-refractivity contribution in [2.75, 3.05) is 24.6 Å². The van der Waals surface area contributed by atoms with Gasteiger partial charge in [-0.25, -0.2) is 9.78 Å². The molecule has 0 aliphatic carbocycles. The molecule has 5 nitrogen and oxygen atoms in total. The molecule has 1 aliphatic rings. The number of aromatic nitrogens is 1. The van der Waals surface area contributed by atoms with Gasteiger partial charge in [0.05, 0.1) is 17.7 Å². The highest BCUT2D eigenvalue weighted by Crippen LogP contribution is 2.29. The molecule has 0 radical (unpaired) electrons. The molecule has 26 heavy (non-hydrogen) atoms. The highest BCUT2D eigenvalue weighted by atomic mass is 35.5. The average Bonchev–Trinajstić information content (AvgIpc) is 2.67. The minimum atomic E-state index is -0.952. The Balaban J connectivity index is 1.68. The first-order valence-corrected chi connectivity index (χ1v) is 8.75. The van der Waals surface area contributed by atoms with E-state index in [2.05, 4.69) is 9.88 Å². The van der Waals surface area contributed by atoms with E-state index in [1.54, 1.807) is 12.1 Å². The average molecular weight is 369 g/mol. The van der Waals surface area contributed by atoms with Crippen molar-refractivity contribution in [2.24, 2.45) is 0 Å². The number of ether oxygens (including phenoxy) is 1. The monoisotopic (exact) mass is 368 g/mol. The Morgan fingerprint density at radius 2 is 1.96 bits per heavy atom. The number of hydrogen-bond donors (Lipinski definition) is 1. The van der Waals surface area contributed by atoms with Gasteiger partial charge in [-0.3, -0.25) is 0 Å². The molecule has 2 aromatic carbocycles. The standard InChI is InChI=1S/C20H17ClN2O3/c21-14-7-5-13(6-8-14)18-12-23(9-10-26-18)19-11-16(20(24)25)15-3-1-2-4-17(15)22-19/h1-8,11,18H,9-10,12H2,(H,24,25). The summed E-state index contributed by atoms with van der Waals surface area (Å²) < 4.78 is 5.89. The predicted octanol–water partition coefficient (Wildman–Crippen LogP) is 4.16. The molecular formula is C20H17ClN2O3. The largest absolute Gasteiger partial charge is 0.478 e. The zero-order valence-corrected chi connectivity index (χ0v) is 14.7. The number of anilines is 1. The molecule has 1 saturated heterocycles. The first-order valence-electron chi connectivity index (χ1n) is 8.37. The topological polar surface area (TPSA) is 62.7 Å². The number of pyridine rings is 1. The Kier molecular flexibility index (Phi) is 4.49. The summed E-state index contributed by atoms with van der Waals surface area (Å²) in [7, 11) is 0. The van der Waals surface area contributed by atoms with Crippen LogP contribution in [0.3, 0.4) is 0 Å². The number of carboxylic acid groups (broad SMARTS) is 1. The molecule has 1 unspecified atom stereocenters. The zero-order chi connectivity index (χ0) is 18.1. The Morgan fingerprint density at radius 3 is 2.73 bits per heavy atom. The van der Waals surface area contributed by atoms with Gasteiger partial charge in [-0.15, -0.1) is 0 Å². The van der Waals surface area contributed by atoms with Gasteiger partial charge in [0.15, 0.2) is 0 Å². The lowest BCUT2D eigenvalue weighted by Crippen LogP contribution is -2.39. The van der Waals surface area contributed by atoms with Gasteiger partial charge < -0.3 is 14.7 Å². The molecule has 132 valence electrons. The molecule has 1 aliphatic heterocycles. The molecule has 1 atom stereocenters. The maximum absolute atomic E-state index is 11.7. The third-order valence-corrected chi connectivity index (χ3v) is 4.82. The number of carbonyl (C=O) groups is 1. The molecular weight excluding hydrogens is 352 g/mol. The summed E-state index contributed by atoms with van der Waals surface area (Å²) in [6, 6.07) is 16.5. The Labute approximate surface area is 155 Å². The summed E-state index contributed by atoms with van der Waals surface area (Å²) in [5, 5.41) is 10.9. The smallest absolute Gasteiger partial charge is 0.336 e. The second kappa shape index (κ2) is 6.94. The molecule has 3 aromatic rings. The van der Waals surface area contributed by atoms with E-state index >= 15 is 0 Å². The lowest BCUT2D eigenvalue weighted by molar-refractivity contribution is 0.0395. The van der Waals surface area contributed by atoms with Crippen LogP contribution in [0.1, 0.15) is 22.0 Å². The van der Waals surface area contributed by atoms with Crippen LogP contribution in [0.4, 0.5) is 5.82 Å². The number of aromatic carboxylic acids is 1. The number of carboxylic acids is 1. The molecule has 0 saturated carbocycles. The summed E-state index contributed by atoms with van der Waals surface area (Å²) in [5.74, 6) is -0.296. The highest BCUT2D eigenvalue weighted by molar-refractivity contribution is 6.30. The number of morpholine rings is 1. The molecule has 1 fully saturated rings. The molecule has 2 heterocycles. The van der Waals surface area contributed by atoms with Gasteiger partial charge in [-0.05, 0) is 29.8 Å². The summed E-state index contributed by atoms with van der Waals surface area (Å²) in [6.07, 6.45) is -0.109. The number of rotatable bonds is 3. The van der Waals surface area contributed by atoms with Crippen LogP contribution in [-0.2, 0) is 4.74 Å². The predicted molar refractivity (Wildman–Crippen MR) is 101 cm³/mol. The third-order valence-electron chi connectivity index (χ3n) is 4.57. The molecule has 4 rings (SSSR count). The number of benzene rings is 2. The first-order chi connectivity index (χ1) is 12.6. The van der Waals surface area contributed by atoms with E-state index in [0.717, 1.165) is 5.56 Å². The molecule has 1 aromatic heterocycles. The van der Waals surface area contributed by atoms with E-state index in [0.29, 0.717) is 41.4 Å². The van der Waals surface area contributed by atoms with E-state index < -0.39 is 5.97 Å². The van der Waals surface area contributed by atoms with E-state index in [4.69, 9.17) is 16.3 Å². The number of para-hydroxylation sites is 1. The van der Waals surface area contributed by atoms with E-state index in [9.17, 15) is 9.90 Å². The van der Waals surface area contributed by atoms with Crippen molar-refractivity contribution in [2.45, 2.75) is 6.10 Å². The van der Waals surface area contributed by atoms with Gasteiger partial charge >= 0.3 is 5.97 Å². The van der Waals surface area contributed by atoms with Crippen molar-refractivity contribution < 1.29 is 14.6 Å². The SMILES string of the molecule is O=C(O)c1cc(N2CCOC(c3ccc(Cl)cc3)C2)nc2ccccc12. The van der Waals surface area contributed by atoms with Crippen molar-refractivity contribution in [3.63, 3.8) is 0 Å². The Morgan fingerprint density at radius 1 is 1.19 bits per heavy atom. The van der Waals surface area contributed by atoms with Gasteiger partial charge in [0, 0.05) is 23.5 Å². The fourth-order valence-corrected chi connectivity index (χ4v) is 3.36. The number of fused-ring (bicyclic) bond motifs is 1. The van der Waals surface area contributed by atoms with Crippen molar-refractivity contribution in [3.8, 4) is 0 Å². The lowest BCUT2D eigenvalue weighted by Gasteiger charge is -2.34. The van der Waals surface area contributed by atoms with Crippen LogP contribution in [0.2, 0.25) is 5.02 Å². The van der Waals surface area contributed by atoms with E-state index in [1.165, 1.54) is 0 Å². The third kappa shape index (κ3) is 3.23. The fraction of sp³-hybridized carbons (Fsp3) is 0.200. The first kappa shape index (κ1) is 16.8. The fourth-order valence-electron chi connectivity index (χ4n) is 3.24. The second-order valence-electron chi connectivity index (χ2n) is 6.21. The van der Waals surface area contributed by atoms with Gasteiger partial charge in [0.25, 0.3) is 0 Å². The van der Waals surface area contributed by atoms with E-state index in [1.807, 2.05) is 42.5 Å². The van der Waals surface area contributed by atoms with Crippen LogP contribution < -0.4 is 4.90 Å². The van der Waals surface area contributed by atoms with Crippen LogP contribution in [0.25, 0.3) is 10.9 Å². The molecule has 6 heteroatoms. The Hall–Kier alpha value is -2.63. The maximum atomic E-state index is 11.7. The van der Waals surface area contributed by atoms with Gasteiger partial charge in [0.1, 0.15) is 11.9 Å². The molecule has 0 spiro atoms. The minimum absolute atomic E-state index is 0.109. The van der Waals surface area contributed by atoms with Crippen LogP contribution in [0.15, 0.2) is 54.6 Å². The lowest BCUT2D eigenvalue weighted by atomic mass is 10.1. The Bertz CT molecular complexity index is 959. The minimum Gasteiger partial charge on any atom is -0.478 e. The van der Waals surface area contributed by atoms with Crippen molar-refractivity contribution in [1.82, 2.24) is 4.98 Å². The van der Waals surface area contributed by atoms with Gasteiger partial charge in [0.2, 0.25) is 0 Å². The van der Waals surface area contributed by atoms with Crippen LogP contribution >= 0.6 is 11.6 Å². The second-order valence-corrected chi connectivity index (χ2v) is 6.64. The summed E-state index contributed by atoms with van der Waals surface area (Å²) in [4.78, 5) is 18.4. The summed E-state index contributed by atoms with van der Waals surface area (Å²) in [5.41, 5.74) is 1.98. The zero-order valence-electron chi connectivity index (χ0n) is 13.9. The van der Waals surface area contributed by atoms with E-state index in [-0.39, 0.29) is 11.7 Å². The van der Waals surface area contributed by atoms with Crippen molar-refractivity contribution >= 4 is 34.3 Å². The molecule has 1 N–H and O–H groups in total. The van der Waals surface area contributed by atoms with Crippen molar-refractivity contribution in [3.05, 3.63) is 70.7 Å². The van der Waals surface area contributed by atoms with Gasteiger partial charge in [-0.1, -0.05) is 41.9 Å². The normalized spacial score (nSPS) is 17.4. The van der Waals surface area contributed by atoms with Crippen LogP contribution in [-0.4, -0.2) is 35.8 Å².